The van der Waals surface area contributed by atoms with E-state index < -0.39 is 5.60 Å². The van der Waals surface area contributed by atoms with E-state index in [9.17, 15) is 15.2 Å². The lowest BCUT2D eigenvalue weighted by Crippen LogP contribution is -2.29. The Morgan fingerprint density at radius 3 is 2.74 bits per heavy atom. The first kappa shape index (κ1) is 13.8. The molecular formula is C12H20N4O3. The van der Waals surface area contributed by atoms with Crippen LogP contribution in [0.5, 0.6) is 0 Å². The predicted molar refractivity (Wildman–Crippen MR) is 71.3 cm³/mol. The van der Waals surface area contributed by atoms with Crippen LogP contribution in [0.1, 0.15) is 31.9 Å². The number of nitro groups is 1. The van der Waals surface area contributed by atoms with Gasteiger partial charge in [0.2, 0.25) is 5.82 Å². The molecule has 1 aromatic heterocycles. The monoisotopic (exact) mass is 268 g/mol. The van der Waals surface area contributed by atoms with E-state index >= 15 is 0 Å². The molecule has 1 fully saturated rings. The third kappa shape index (κ3) is 2.70. The minimum absolute atomic E-state index is 0.0732. The largest absolute Gasteiger partial charge is 0.390 e. The Hall–Kier alpha value is -1.63. The van der Waals surface area contributed by atoms with Gasteiger partial charge >= 0.3 is 5.69 Å². The van der Waals surface area contributed by atoms with Crippen LogP contribution in [0.4, 0.5) is 11.5 Å². The third-order valence-corrected chi connectivity index (χ3v) is 3.71. The van der Waals surface area contributed by atoms with Crippen molar-refractivity contribution in [2.24, 2.45) is 7.05 Å². The van der Waals surface area contributed by atoms with Crippen LogP contribution in [0.3, 0.4) is 0 Å². The number of aromatic nitrogens is 2. The Morgan fingerprint density at radius 1 is 1.42 bits per heavy atom. The predicted octanol–water partition coefficient (Wildman–Crippen LogP) is 1.38. The van der Waals surface area contributed by atoms with Crippen LogP contribution in [0.25, 0.3) is 0 Å². The molecule has 0 bridgehead atoms. The average molecular weight is 268 g/mol. The van der Waals surface area contributed by atoms with Crippen LogP contribution in [0, 0.1) is 17.0 Å². The van der Waals surface area contributed by atoms with E-state index in [4.69, 9.17) is 0 Å². The first-order valence-corrected chi connectivity index (χ1v) is 6.47. The maximum absolute atomic E-state index is 11.2. The topological polar surface area (TPSA) is 84.4 Å². The van der Waals surface area contributed by atoms with Crippen molar-refractivity contribution in [3.8, 4) is 0 Å². The minimum atomic E-state index is -0.683. The summed E-state index contributed by atoms with van der Waals surface area (Å²) in [5.74, 6) is 0.542. The van der Waals surface area contributed by atoms with E-state index in [-0.39, 0.29) is 10.6 Å². The van der Waals surface area contributed by atoms with Gasteiger partial charge in [0, 0.05) is 20.1 Å². The molecule has 0 radical (unpaired) electrons. The maximum atomic E-state index is 11.2. The van der Waals surface area contributed by atoms with Crippen molar-refractivity contribution in [3.05, 3.63) is 15.8 Å². The van der Waals surface area contributed by atoms with E-state index in [0.29, 0.717) is 37.4 Å². The van der Waals surface area contributed by atoms with Gasteiger partial charge in [-0.3, -0.25) is 10.1 Å². The van der Waals surface area contributed by atoms with E-state index in [1.165, 1.54) is 0 Å². The Labute approximate surface area is 112 Å². The molecule has 7 heteroatoms. The van der Waals surface area contributed by atoms with Crippen molar-refractivity contribution in [1.82, 2.24) is 9.78 Å². The number of rotatable bonds is 2. The number of anilines is 1. The fourth-order valence-electron chi connectivity index (χ4n) is 2.68. The second kappa shape index (κ2) is 4.80. The standard InChI is InChI=1S/C12H20N4O3/c1-9-10(16(18)19)11(14(3)13-9)15-7-4-5-12(2,17)6-8-15/h17H,4-8H2,1-3H3. The molecule has 106 valence electrons. The zero-order valence-electron chi connectivity index (χ0n) is 11.6. The molecule has 1 saturated heterocycles. The zero-order chi connectivity index (χ0) is 14.2. The summed E-state index contributed by atoms with van der Waals surface area (Å²) >= 11 is 0. The van der Waals surface area contributed by atoms with Gasteiger partial charge < -0.3 is 10.0 Å². The van der Waals surface area contributed by atoms with Crippen molar-refractivity contribution in [1.29, 1.82) is 0 Å². The molecule has 1 aliphatic heterocycles. The fraction of sp³-hybridized carbons (Fsp3) is 0.750. The second-order valence-corrected chi connectivity index (χ2v) is 5.48. The number of hydrogen-bond acceptors (Lipinski definition) is 5. The quantitative estimate of drug-likeness (QED) is 0.647. The fourth-order valence-corrected chi connectivity index (χ4v) is 2.68. The van der Waals surface area contributed by atoms with Crippen molar-refractivity contribution >= 4 is 11.5 Å². The van der Waals surface area contributed by atoms with Crippen LogP contribution in [-0.4, -0.2) is 38.5 Å². The van der Waals surface area contributed by atoms with Gasteiger partial charge in [-0.1, -0.05) is 0 Å². The van der Waals surface area contributed by atoms with Gasteiger partial charge in [0.25, 0.3) is 0 Å². The Kier molecular flexibility index (Phi) is 3.49. The maximum Gasteiger partial charge on any atom is 0.333 e. The summed E-state index contributed by atoms with van der Waals surface area (Å²) in [6.07, 6.45) is 2.14. The summed E-state index contributed by atoms with van der Waals surface area (Å²) < 4.78 is 1.56. The van der Waals surface area contributed by atoms with Crippen molar-refractivity contribution < 1.29 is 10.0 Å². The van der Waals surface area contributed by atoms with Crippen LogP contribution in [0.2, 0.25) is 0 Å². The molecule has 0 amide bonds. The minimum Gasteiger partial charge on any atom is -0.390 e. The molecular weight excluding hydrogens is 248 g/mol. The molecule has 7 nitrogen and oxygen atoms in total. The smallest absolute Gasteiger partial charge is 0.333 e. The van der Waals surface area contributed by atoms with Gasteiger partial charge in [0.15, 0.2) is 0 Å². The van der Waals surface area contributed by atoms with Gasteiger partial charge in [-0.05, 0) is 33.1 Å². The van der Waals surface area contributed by atoms with Gasteiger partial charge in [-0.15, -0.1) is 0 Å². The summed E-state index contributed by atoms with van der Waals surface area (Å²) in [6, 6.07) is 0. The van der Waals surface area contributed by atoms with Crippen LogP contribution in [0.15, 0.2) is 0 Å². The SMILES string of the molecule is Cc1nn(C)c(N2CCCC(C)(O)CC2)c1[N+](=O)[O-]. The molecule has 1 aliphatic rings. The molecule has 0 saturated carbocycles. The Bertz CT molecular complexity index is 495. The molecule has 0 aliphatic carbocycles. The second-order valence-electron chi connectivity index (χ2n) is 5.48. The molecule has 2 heterocycles. The van der Waals surface area contributed by atoms with E-state index in [1.54, 1.807) is 18.7 Å². The van der Waals surface area contributed by atoms with Gasteiger partial charge in [0.1, 0.15) is 5.69 Å². The van der Waals surface area contributed by atoms with E-state index in [2.05, 4.69) is 5.10 Å². The van der Waals surface area contributed by atoms with E-state index in [1.807, 2.05) is 11.8 Å². The normalized spacial score (nSPS) is 24.3. The lowest BCUT2D eigenvalue weighted by Gasteiger charge is -2.23. The van der Waals surface area contributed by atoms with Crippen LogP contribution < -0.4 is 4.90 Å². The lowest BCUT2D eigenvalue weighted by atomic mass is 9.98. The highest BCUT2D eigenvalue weighted by Gasteiger charge is 2.32. The first-order valence-electron chi connectivity index (χ1n) is 6.47. The number of nitrogens with zero attached hydrogens (tertiary/aromatic N) is 4. The third-order valence-electron chi connectivity index (χ3n) is 3.71. The number of aryl methyl sites for hydroxylation is 2. The van der Waals surface area contributed by atoms with Crippen LogP contribution in [-0.2, 0) is 7.05 Å². The summed E-state index contributed by atoms with van der Waals surface area (Å²) in [5.41, 5.74) is -0.181. The zero-order valence-corrected chi connectivity index (χ0v) is 11.6. The molecule has 1 atom stereocenters. The van der Waals surface area contributed by atoms with Crippen molar-refractivity contribution in [3.63, 3.8) is 0 Å². The lowest BCUT2D eigenvalue weighted by molar-refractivity contribution is -0.384. The molecule has 0 spiro atoms. The summed E-state index contributed by atoms with van der Waals surface area (Å²) in [6.45, 7) is 4.78. The summed E-state index contributed by atoms with van der Waals surface area (Å²) in [5, 5.41) is 25.4. The van der Waals surface area contributed by atoms with Crippen molar-refractivity contribution in [2.45, 2.75) is 38.7 Å². The van der Waals surface area contributed by atoms with Crippen LogP contribution >= 0.6 is 0 Å². The Morgan fingerprint density at radius 2 is 2.11 bits per heavy atom. The highest BCUT2D eigenvalue weighted by molar-refractivity contribution is 5.61. The van der Waals surface area contributed by atoms with Gasteiger partial charge in [0.05, 0.1) is 10.5 Å². The molecule has 19 heavy (non-hydrogen) atoms. The molecule has 1 aromatic rings. The first-order chi connectivity index (χ1) is 8.82. The summed E-state index contributed by atoms with van der Waals surface area (Å²) in [4.78, 5) is 12.8. The highest BCUT2D eigenvalue weighted by Crippen LogP contribution is 2.33. The summed E-state index contributed by atoms with van der Waals surface area (Å²) in [7, 11) is 1.72. The Balaban J connectivity index is 2.34. The van der Waals surface area contributed by atoms with Gasteiger partial charge in [-0.25, -0.2) is 4.68 Å². The molecule has 0 aromatic carbocycles. The van der Waals surface area contributed by atoms with Crippen molar-refractivity contribution in [2.75, 3.05) is 18.0 Å². The average Bonchev–Trinajstić information content (AvgIpc) is 2.47. The highest BCUT2D eigenvalue weighted by atomic mass is 16.6. The van der Waals surface area contributed by atoms with E-state index in [0.717, 1.165) is 6.42 Å². The number of hydrogen-bond donors (Lipinski definition) is 1. The molecule has 1 N–H and O–H groups in total. The molecule has 2 rings (SSSR count). The number of aliphatic hydroxyl groups is 1. The molecule has 1 unspecified atom stereocenters. The van der Waals surface area contributed by atoms with Gasteiger partial charge in [-0.2, -0.15) is 5.10 Å².